The third-order valence-corrected chi connectivity index (χ3v) is 3.90. The molecule has 2 atom stereocenters. The number of hydrogen-bond acceptors (Lipinski definition) is 4. The second kappa shape index (κ2) is 6.93. The molecule has 1 saturated heterocycles. The summed E-state index contributed by atoms with van der Waals surface area (Å²) < 4.78 is 5.07. The lowest BCUT2D eigenvalue weighted by atomic mass is 9.91. The third kappa shape index (κ3) is 4.20. The molecule has 6 heteroatoms. The van der Waals surface area contributed by atoms with Gasteiger partial charge in [-0.05, 0) is 25.2 Å². The van der Waals surface area contributed by atoms with Crippen molar-refractivity contribution in [1.82, 2.24) is 15.5 Å². The Morgan fingerprint density at radius 2 is 2.00 bits per heavy atom. The van der Waals surface area contributed by atoms with Crippen LogP contribution in [-0.2, 0) is 9.53 Å². The average molecular weight is 295 g/mol. The van der Waals surface area contributed by atoms with Crippen molar-refractivity contribution >= 4 is 12.0 Å². The van der Waals surface area contributed by atoms with Gasteiger partial charge >= 0.3 is 12.0 Å². The van der Waals surface area contributed by atoms with Gasteiger partial charge in [0.2, 0.25) is 0 Å². The summed E-state index contributed by atoms with van der Waals surface area (Å²) in [7, 11) is 0. The first-order chi connectivity index (χ1) is 9.99. The maximum absolute atomic E-state index is 12.0. The highest BCUT2D eigenvalue weighted by molar-refractivity contribution is 5.93. The summed E-state index contributed by atoms with van der Waals surface area (Å²) in [6.07, 6.45) is 1.23. The van der Waals surface area contributed by atoms with Crippen molar-refractivity contribution in [2.75, 3.05) is 32.8 Å². The zero-order valence-corrected chi connectivity index (χ0v) is 13.1. The zero-order chi connectivity index (χ0) is 15.4. The second-order valence-corrected chi connectivity index (χ2v) is 6.13. The summed E-state index contributed by atoms with van der Waals surface area (Å²) >= 11 is 0. The molecule has 2 amide bonds. The van der Waals surface area contributed by atoms with E-state index >= 15 is 0 Å². The lowest BCUT2D eigenvalue weighted by Crippen LogP contribution is -2.48. The monoisotopic (exact) mass is 295 g/mol. The van der Waals surface area contributed by atoms with Gasteiger partial charge < -0.3 is 15.4 Å². The fourth-order valence-corrected chi connectivity index (χ4v) is 3.23. The van der Waals surface area contributed by atoms with Crippen LogP contribution in [0.15, 0.2) is 11.3 Å². The van der Waals surface area contributed by atoms with Crippen molar-refractivity contribution in [3.05, 3.63) is 11.3 Å². The number of carbonyl (C=O) groups excluding carboxylic acids is 2. The van der Waals surface area contributed by atoms with Crippen molar-refractivity contribution in [2.24, 2.45) is 11.8 Å². The highest BCUT2D eigenvalue weighted by Gasteiger charge is 2.27. The molecule has 0 aliphatic carbocycles. The van der Waals surface area contributed by atoms with Crippen LogP contribution >= 0.6 is 0 Å². The number of nitrogens with one attached hydrogen (secondary N) is 2. The van der Waals surface area contributed by atoms with E-state index in [1.807, 2.05) is 0 Å². The number of ether oxygens (including phenoxy) is 1. The first kappa shape index (κ1) is 15.8. The first-order valence-corrected chi connectivity index (χ1v) is 7.66. The minimum absolute atomic E-state index is 0.235. The number of carbonyl (C=O) groups is 2. The number of likely N-dealkylation sites (tertiary alicyclic amines) is 1. The van der Waals surface area contributed by atoms with E-state index in [4.69, 9.17) is 4.74 Å². The highest BCUT2D eigenvalue weighted by atomic mass is 16.5. The Hall–Kier alpha value is -1.56. The fraction of sp³-hybridized carbons (Fsp3) is 0.733. The van der Waals surface area contributed by atoms with Crippen LogP contribution in [0.1, 0.15) is 27.2 Å². The molecular formula is C15H25N3O3. The van der Waals surface area contributed by atoms with Gasteiger partial charge in [0.1, 0.15) is 0 Å². The highest BCUT2D eigenvalue weighted by Crippen LogP contribution is 2.22. The largest absolute Gasteiger partial charge is 0.463 e. The van der Waals surface area contributed by atoms with Crippen LogP contribution < -0.4 is 10.6 Å². The summed E-state index contributed by atoms with van der Waals surface area (Å²) in [6.45, 7) is 9.41. The van der Waals surface area contributed by atoms with Gasteiger partial charge in [-0.2, -0.15) is 0 Å². The Labute approximate surface area is 125 Å². The Morgan fingerprint density at radius 3 is 2.62 bits per heavy atom. The molecule has 0 aromatic heterocycles. The minimum atomic E-state index is -0.349. The summed E-state index contributed by atoms with van der Waals surface area (Å²) in [5.41, 5.74) is 1.21. The molecule has 0 saturated carbocycles. The van der Waals surface area contributed by atoms with E-state index in [-0.39, 0.29) is 18.5 Å². The molecule has 0 spiro atoms. The second-order valence-electron chi connectivity index (χ2n) is 6.13. The fourth-order valence-electron chi connectivity index (χ4n) is 3.23. The third-order valence-electron chi connectivity index (χ3n) is 3.90. The van der Waals surface area contributed by atoms with Gasteiger partial charge in [0.25, 0.3) is 0 Å². The van der Waals surface area contributed by atoms with Gasteiger partial charge in [-0.25, -0.2) is 9.59 Å². The molecule has 6 nitrogen and oxygen atoms in total. The van der Waals surface area contributed by atoms with Crippen molar-refractivity contribution in [1.29, 1.82) is 0 Å². The van der Waals surface area contributed by atoms with Gasteiger partial charge in [0, 0.05) is 25.3 Å². The molecular weight excluding hydrogens is 270 g/mol. The molecule has 1 fully saturated rings. The van der Waals surface area contributed by atoms with Crippen LogP contribution in [-0.4, -0.2) is 49.7 Å². The average Bonchev–Trinajstić information content (AvgIpc) is 2.37. The van der Waals surface area contributed by atoms with Crippen LogP contribution in [0.4, 0.5) is 4.79 Å². The lowest BCUT2D eigenvalue weighted by Gasteiger charge is -2.36. The molecule has 2 aliphatic rings. The molecule has 2 heterocycles. The minimum Gasteiger partial charge on any atom is -0.463 e. The van der Waals surface area contributed by atoms with Gasteiger partial charge in [-0.1, -0.05) is 13.8 Å². The normalized spacial score (nSPS) is 27.1. The van der Waals surface area contributed by atoms with Crippen LogP contribution in [0.2, 0.25) is 0 Å². The summed E-state index contributed by atoms with van der Waals surface area (Å²) in [5, 5.41) is 5.40. The number of esters is 1. The predicted molar refractivity (Wildman–Crippen MR) is 79.6 cm³/mol. The molecule has 21 heavy (non-hydrogen) atoms. The van der Waals surface area contributed by atoms with E-state index in [0.717, 1.165) is 13.1 Å². The Kier molecular flexibility index (Phi) is 5.22. The maximum Gasteiger partial charge on any atom is 0.337 e. The maximum atomic E-state index is 12.0. The van der Waals surface area contributed by atoms with Crippen molar-refractivity contribution in [3.8, 4) is 0 Å². The number of urea groups is 1. The van der Waals surface area contributed by atoms with E-state index in [1.54, 1.807) is 6.92 Å². The van der Waals surface area contributed by atoms with Gasteiger partial charge in [0.05, 0.1) is 18.7 Å². The predicted octanol–water partition coefficient (Wildman–Crippen LogP) is 1.09. The van der Waals surface area contributed by atoms with Gasteiger partial charge in [-0.15, -0.1) is 0 Å². The molecule has 2 rings (SSSR count). The number of piperidine rings is 1. The van der Waals surface area contributed by atoms with Crippen molar-refractivity contribution in [2.45, 2.75) is 27.2 Å². The zero-order valence-electron chi connectivity index (χ0n) is 13.1. The number of nitrogens with zero attached hydrogens (tertiary/aromatic N) is 1. The van der Waals surface area contributed by atoms with Crippen LogP contribution in [0, 0.1) is 11.8 Å². The first-order valence-electron chi connectivity index (χ1n) is 7.66. The molecule has 2 N–H and O–H groups in total. The van der Waals surface area contributed by atoms with E-state index in [9.17, 15) is 9.59 Å². The van der Waals surface area contributed by atoms with Crippen molar-refractivity contribution < 1.29 is 14.3 Å². The smallest absolute Gasteiger partial charge is 0.337 e. The molecule has 2 aliphatic heterocycles. The summed E-state index contributed by atoms with van der Waals surface area (Å²) in [5.74, 6) is 0.925. The van der Waals surface area contributed by atoms with Crippen LogP contribution in [0.5, 0.6) is 0 Å². The molecule has 0 radical (unpaired) electrons. The Balaban J connectivity index is 2.11. The SMILES string of the molecule is CCOC(=O)C1=C(CN2C[C@@H](C)C[C@H](C)C2)NC(=O)NC1. The molecule has 0 aromatic rings. The van der Waals surface area contributed by atoms with E-state index < -0.39 is 0 Å². The number of amides is 2. The lowest BCUT2D eigenvalue weighted by molar-refractivity contribution is -0.138. The van der Waals surface area contributed by atoms with Crippen molar-refractivity contribution in [3.63, 3.8) is 0 Å². The Morgan fingerprint density at radius 1 is 1.33 bits per heavy atom. The quantitative estimate of drug-likeness (QED) is 0.762. The van der Waals surface area contributed by atoms with Crippen LogP contribution in [0.3, 0.4) is 0 Å². The topological polar surface area (TPSA) is 70.7 Å². The van der Waals surface area contributed by atoms with Gasteiger partial charge in [0.15, 0.2) is 0 Å². The Bertz CT molecular complexity index is 437. The van der Waals surface area contributed by atoms with Crippen LogP contribution in [0.25, 0.3) is 0 Å². The molecule has 0 aromatic carbocycles. The van der Waals surface area contributed by atoms with E-state index in [1.165, 1.54) is 6.42 Å². The molecule has 0 bridgehead atoms. The number of rotatable bonds is 4. The summed E-state index contributed by atoms with van der Waals surface area (Å²) in [6, 6.07) is -0.254. The number of hydrogen-bond donors (Lipinski definition) is 2. The molecule has 0 unspecified atom stereocenters. The molecule has 118 valence electrons. The van der Waals surface area contributed by atoms with E-state index in [2.05, 4.69) is 29.4 Å². The summed E-state index contributed by atoms with van der Waals surface area (Å²) in [4.78, 5) is 25.8. The van der Waals surface area contributed by atoms with Gasteiger partial charge in [-0.3, -0.25) is 4.90 Å². The standard InChI is InChI=1S/C15H25N3O3/c1-4-21-14(19)12-6-16-15(20)17-13(12)9-18-7-10(2)5-11(3)8-18/h10-11H,4-9H2,1-3H3,(H2,16,17,20)/t10-,11-/m0/s1. The van der Waals surface area contributed by atoms with E-state index in [0.29, 0.717) is 36.3 Å².